The highest BCUT2D eigenvalue weighted by atomic mass is 32.1. The fourth-order valence-electron chi connectivity index (χ4n) is 1.39. The fourth-order valence-corrected chi connectivity index (χ4v) is 2.38. The standard InChI is InChI=1S/C13H17NO3S/c1-3-4-7-14-13(17)11-8-9(2)10(18-11)5-6-12(15)16/h5-6,8H,3-4,7H2,1-2H3,(H,14,17)(H,15,16). The normalized spacial score (nSPS) is 10.8. The molecular formula is C13H17NO3S. The van der Waals surface area contributed by atoms with Gasteiger partial charge in [-0.15, -0.1) is 11.3 Å². The van der Waals surface area contributed by atoms with Crippen molar-refractivity contribution in [2.75, 3.05) is 6.54 Å². The summed E-state index contributed by atoms with van der Waals surface area (Å²) < 4.78 is 0. The quantitative estimate of drug-likeness (QED) is 0.615. The average molecular weight is 267 g/mol. The van der Waals surface area contributed by atoms with Crippen LogP contribution in [0.3, 0.4) is 0 Å². The molecule has 0 saturated heterocycles. The summed E-state index contributed by atoms with van der Waals surface area (Å²) in [4.78, 5) is 23.6. The Morgan fingerprint density at radius 1 is 1.50 bits per heavy atom. The Morgan fingerprint density at radius 2 is 2.22 bits per heavy atom. The van der Waals surface area contributed by atoms with Crippen molar-refractivity contribution in [3.05, 3.63) is 27.5 Å². The summed E-state index contributed by atoms with van der Waals surface area (Å²) in [5.74, 6) is -1.08. The van der Waals surface area contributed by atoms with Crippen molar-refractivity contribution < 1.29 is 14.7 Å². The van der Waals surface area contributed by atoms with Crippen molar-refractivity contribution in [1.29, 1.82) is 0 Å². The number of carbonyl (C=O) groups excluding carboxylic acids is 1. The van der Waals surface area contributed by atoms with Crippen LogP contribution in [0.5, 0.6) is 0 Å². The monoisotopic (exact) mass is 267 g/mol. The van der Waals surface area contributed by atoms with Crippen LogP contribution in [0.2, 0.25) is 0 Å². The second-order valence-electron chi connectivity index (χ2n) is 3.94. The van der Waals surface area contributed by atoms with Crippen LogP contribution in [0, 0.1) is 6.92 Å². The number of aryl methyl sites for hydroxylation is 1. The molecule has 0 unspecified atom stereocenters. The van der Waals surface area contributed by atoms with Crippen LogP contribution in [0.4, 0.5) is 0 Å². The first-order valence-electron chi connectivity index (χ1n) is 5.84. The number of carboxylic acid groups (broad SMARTS) is 1. The fraction of sp³-hybridized carbons (Fsp3) is 0.385. The van der Waals surface area contributed by atoms with Crippen LogP contribution in [0.15, 0.2) is 12.1 Å². The van der Waals surface area contributed by atoms with E-state index in [2.05, 4.69) is 12.2 Å². The lowest BCUT2D eigenvalue weighted by molar-refractivity contribution is -0.131. The average Bonchev–Trinajstić information content (AvgIpc) is 2.68. The van der Waals surface area contributed by atoms with Crippen LogP contribution in [-0.2, 0) is 4.79 Å². The molecule has 1 aromatic rings. The zero-order chi connectivity index (χ0) is 13.5. The molecule has 5 heteroatoms. The summed E-state index contributed by atoms with van der Waals surface area (Å²) in [7, 11) is 0. The molecule has 2 N–H and O–H groups in total. The van der Waals surface area contributed by atoms with Gasteiger partial charge in [-0.1, -0.05) is 13.3 Å². The maximum absolute atomic E-state index is 11.8. The van der Waals surface area contributed by atoms with Gasteiger partial charge in [-0.25, -0.2) is 4.79 Å². The van der Waals surface area contributed by atoms with Gasteiger partial charge in [0, 0.05) is 17.5 Å². The maximum atomic E-state index is 11.8. The number of unbranched alkanes of at least 4 members (excludes halogenated alkanes) is 1. The molecule has 0 aliphatic heterocycles. The number of thiophene rings is 1. The smallest absolute Gasteiger partial charge is 0.328 e. The number of carboxylic acids is 1. The second kappa shape index (κ2) is 6.96. The number of hydrogen-bond donors (Lipinski definition) is 2. The molecule has 18 heavy (non-hydrogen) atoms. The zero-order valence-corrected chi connectivity index (χ0v) is 11.3. The minimum absolute atomic E-state index is 0.0912. The number of aliphatic carboxylic acids is 1. The van der Waals surface area contributed by atoms with E-state index in [-0.39, 0.29) is 5.91 Å². The summed E-state index contributed by atoms with van der Waals surface area (Å²) in [5, 5.41) is 11.4. The van der Waals surface area contributed by atoms with Gasteiger partial charge in [0.05, 0.1) is 4.88 Å². The highest BCUT2D eigenvalue weighted by Crippen LogP contribution is 2.23. The van der Waals surface area contributed by atoms with E-state index in [4.69, 9.17) is 5.11 Å². The van der Waals surface area contributed by atoms with Crippen LogP contribution in [0.25, 0.3) is 6.08 Å². The molecule has 0 aliphatic carbocycles. The van der Waals surface area contributed by atoms with Crippen LogP contribution >= 0.6 is 11.3 Å². The van der Waals surface area contributed by atoms with Crippen molar-refractivity contribution in [2.24, 2.45) is 0 Å². The lowest BCUT2D eigenvalue weighted by Gasteiger charge is -2.00. The third-order valence-corrected chi connectivity index (χ3v) is 3.57. The molecule has 0 bridgehead atoms. The molecule has 0 aromatic carbocycles. The van der Waals surface area contributed by atoms with Gasteiger partial charge in [0.1, 0.15) is 0 Å². The lowest BCUT2D eigenvalue weighted by Crippen LogP contribution is -2.23. The SMILES string of the molecule is CCCCNC(=O)c1cc(C)c(C=CC(=O)O)s1. The Kier molecular flexibility index (Phi) is 5.58. The third kappa shape index (κ3) is 4.33. The minimum Gasteiger partial charge on any atom is -0.478 e. The Labute approximate surface area is 110 Å². The number of amides is 1. The van der Waals surface area contributed by atoms with Crippen molar-refractivity contribution in [1.82, 2.24) is 5.32 Å². The van der Waals surface area contributed by atoms with Gasteiger partial charge < -0.3 is 10.4 Å². The van der Waals surface area contributed by atoms with Gasteiger partial charge in [0.2, 0.25) is 0 Å². The van der Waals surface area contributed by atoms with E-state index in [1.54, 1.807) is 6.07 Å². The second-order valence-corrected chi connectivity index (χ2v) is 5.02. The molecule has 0 saturated carbocycles. The minimum atomic E-state index is -0.989. The molecule has 1 rings (SSSR count). The van der Waals surface area contributed by atoms with Crippen LogP contribution in [0.1, 0.15) is 39.9 Å². The van der Waals surface area contributed by atoms with E-state index in [1.165, 1.54) is 17.4 Å². The Balaban J connectivity index is 2.71. The van der Waals surface area contributed by atoms with Crippen LogP contribution < -0.4 is 5.32 Å². The molecule has 0 radical (unpaired) electrons. The lowest BCUT2D eigenvalue weighted by atomic mass is 10.2. The number of rotatable bonds is 6. The molecule has 0 fully saturated rings. The molecule has 0 spiro atoms. The van der Waals surface area contributed by atoms with Gasteiger partial charge in [-0.3, -0.25) is 4.79 Å². The van der Waals surface area contributed by atoms with E-state index in [0.717, 1.165) is 29.4 Å². The number of nitrogens with one attached hydrogen (secondary N) is 1. The van der Waals surface area contributed by atoms with Gasteiger partial charge in [0.15, 0.2) is 0 Å². The number of carbonyl (C=O) groups is 2. The molecule has 98 valence electrons. The predicted molar refractivity (Wildman–Crippen MR) is 73.0 cm³/mol. The molecule has 1 aromatic heterocycles. The highest BCUT2D eigenvalue weighted by molar-refractivity contribution is 7.15. The van der Waals surface area contributed by atoms with Gasteiger partial charge in [-0.05, 0) is 31.1 Å². The molecule has 1 heterocycles. The Morgan fingerprint density at radius 3 is 2.83 bits per heavy atom. The molecule has 0 atom stereocenters. The molecular weight excluding hydrogens is 250 g/mol. The van der Waals surface area contributed by atoms with Crippen LogP contribution in [-0.4, -0.2) is 23.5 Å². The topological polar surface area (TPSA) is 66.4 Å². The largest absolute Gasteiger partial charge is 0.478 e. The van der Waals surface area contributed by atoms with Crippen molar-refractivity contribution in [3.63, 3.8) is 0 Å². The zero-order valence-electron chi connectivity index (χ0n) is 10.5. The summed E-state index contributed by atoms with van der Waals surface area (Å²) in [6.07, 6.45) is 4.60. The number of hydrogen-bond acceptors (Lipinski definition) is 3. The maximum Gasteiger partial charge on any atom is 0.328 e. The van der Waals surface area contributed by atoms with E-state index in [0.29, 0.717) is 11.4 Å². The summed E-state index contributed by atoms with van der Waals surface area (Å²) in [6, 6.07) is 1.79. The molecule has 1 amide bonds. The first-order valence-corrected chi connectivity index (χ1v) is 6.66. The third-order valence-electron chi connectivity index (χ3n) is 2.37. The Bertz CT molecular complexity index is 463. The first kappa shape index (κ1) is 14.4. The van der Waals surface area contributed by atoms with E-state index in [1.807, 2.05) is 6.92 Å². The van der Waals surface area contributed by atoms with Gasteiger partial charge in [-0.2, -0.15) is 0 Å². The van der Waals surface area contributed by atoms with Gasteiger partial charge in [0.25, 0.3) is 5.91 Å². The molecule has 4 nitrogen and oxygen atoms in total. The first-order chi connectivity index (χ1) is 8.54. The summed E-state index contributed by atoms with van der Waals surface area (Å²) in [6.45, 7) is 4.60. The molecule has 0 aliphatic rings. The van der Waals surface area contributed by atoms with Crippen molar-refractivity contribution >= 4 is 29.3 Å². The van der Waals surface area contributed by atoms with Crippen molar-refractivity contribution in [3.8, 4) is 0 Å². The van der Waals surface area contributed by atoms with Crippen molar-refractivity contribution in [2.45, 2.75) is 26.7 Å². The van der Waals surface area contributed by atoms with E-state index >= 15 is 0 Å². The van der Waals surface area contributed by atoms with E-state index in [9.17, 15) is 9.59 Å². The van der Waals surface area contributed by atoms with Gasteiger partial charge >= 0.3 is 5.97 Å². The predicted octanol–water partition coefficient (Wildman–Crippen LogP) is 2.68. The van der Waals surface area contributed by atoms with E-state index < -0.39 is 5.97 Å². The summed E-state index contributed by atoms with van der Waals surface area (Å²) >= 11 is 1.31. The summed E-state index contributed by atoms with van der Waals surface area (Å²) in [5.41, 5.74) is 0.915. The highest BCUT2D eigenvalue weighted by Gasteiger charge is 2.10. The Hall–Kier alpha value is -1.62.